The van der Waals surface area contributed by atoms with E-state index in [0.717, 1.165) is 29.4 Å². The number of piperidine rings is 2. The van der Waals surface area contributed by atoms with E-state index in [2.05, 4.69) is 22.5 Å². The summed E-state index contributed by atoms with van der Waals surface area (Å²) in [5.74, 6) is -0.509. The lowest BCUT2D eigenvalue weighted by molar-refractivity contribution is -0.137. The molecule has 0 bridgehead atoms. The van der Waals surface area contributed by atoms with E-state index >= 15 is 0 Å². The highest BCUT2D eigenvalue weighted by Gasteiger charge is 2.32. The number of nitrogens with zero attached hydrogens (tertiary/aromatic N) is 3. The number of ether oxygens (including phenoxy) is 1. The number of nitrogens with two attached hydrogens (primary N) is 1. The molecule has 1 aromatic carbocycles. The van der Waals surface area contributed by atoms with E-state index in [4.69, 9.17) is 10.5 Å². The zero-order chi connectivity index (χ0) is 22.0. The Hall–Kier alpha value is -2.78. The van der Waals surface area contributed by atoms with Crippen molar-refractivity contribution in [3.63, 3.8) is 0 Å². The first-order chi connectivity index (χ1) is 15.0. The second-order valence-electron chi connectivity index (χ2n) is 8.29. The third-order valence-corrected chi connectivity index (χ3v) is 6.28. The van der Waals surface area contributed by atoms with Crippen LogP contribution in [-0.4, -0.2) is 65.2 Å². The molecule has 2 fully saturated rings. The van der Waals surface area contributed by atoms with Crippen LogP contribution in [0.3, 0.4) is 0 Å². The SMILES string of the molecule is Cn1nc(C2CCC(=O)NC2=O)c2ccc(C3CCN(C(=O)COCCN)CC3)cc21. The fourth-order valence-electron chi connectivity index (χ4n) is 4.56. The minimum absolute atomic E-state index is 0.0165. The fraction of sp³-hybridized carbons (Fsp3) is 0.545. The Balaban J connectivity index is 1.46. The van der Waals surface area contributed by atoms with E-state index < -0.39 is 5.92 Å². The van der Waals surface area contributed by atoms with Crippen LogP contribution in [0.15, 0.2) is 18.2 Å². The van der Waals surface area contributed by atoms with E-state index in [-0.39, 0.29) is 24.3 Å². The van der Waals surface area contributed by atoms with Gasteiger partial charge in [0.2, 0.25) is 17.7 Å². The molecule has 1 aromatic heterocycles. The number of nitrogens with one attached hydrogen (secondary N) is 1. The summed E-state index contributed by atoms with van der Waals surface area (Å²) in [6.07, 6.45) is 2.61. The number of fused-ring (bicyclic) bond motifs is 1. The predicted molar refractivity (Wildman–Crippen MR) is 114 cm³/mol. The second kappa shape index (κ2) is 9.15. The zero-order valence-electron chi connectivity index (χ0n) is 17.8. The minimum Gasteiger partial charge on any atom is -0.370 e. The lowest BCUT2D eigenvalue weighted by Gasteiger charge is -2.32. The Morgan fingerprint density at radius 2 is 2.03 bits per heavy atom. The Labute approximate surface area is 180 Å². The van der Waals surface area contributed by atoms with Crippen molar-refractivity contribution in [3.05, 3.63) is 29.5 Å². The van der Waals surface area contributed by atoms with Crippen LogP contribution in [0.2, 0.25) is 0 Å². The molecule has 4 rings (SSSR count). The van der Waals surface area contributed by atoms with Crippen LogP contribution in [-0.2, 0) is 26.2 Å². The molecule has 2 aliphatic rings. The van der Waals surface area contributed by atoms with Crippen molar-refractivity contribution in [2.45, 2.75) is 37.5 Å². The van der Waals surface area contributed by atoms with Crippen LogP contribution in [0.5, 0.6) is 0 Å². The van der Waals surface area contributed by atoms with E-state index in [0.29, 0.717) is 45.0 Å². The maximum absolute atomic E-state index is 12.3. The van der Waals surface area contributed by atoms with Crippen molar-refractivity contribution in [1.82, 2.24) is 20.0 Å². The van der Waals surface area contributed by atoms with Gasteiger partial charge in [-0.3, -0.25) is 24.4 Å². The summed E-state index contributed by atoms with van der Waals surface area (Å²) >= 11 is 0. The van der Waals surface area contributed by atoms with Crippen LogP contribution < -0.4 is 11.1 Å². The Bertz CT molecular complexity index is 993. The number of benzene rings is 1. The molecule has 1 atom stereocenters. The molecule has 2 saturated heterocycles. The molecule has 2 aliphatic heterocycles. The standard InChI is InChI=1S/C22H29N5O4/c1-26-18-12-15(14-6-9-27(10-7-14)20(29)13-31-11-8-23)2-3-16(18)21(25-26)17-4-5-19(28)24-22(17)30/h2-3,12,14,17H,4-11,13,23H2,1H3,(H,24,28,30). The highest BCUT2D eigenvalue weighted by Crippen LogP contribution is 2.34. The number of rotatable bonds is 6. The minimum atomic E-state index is -0.400. The third kappa shape index (κ3) is 4.47. The average molecular weight is 428 g/mol. The first kappa shape index (κ1) is 21.5. The summed E-state index contributed by atoms with van der Waals surface area (Å²) in [7, 11) is 1.88. The second-order valence-corrected chi connectivity index (χ2v) is 8.29. The van der Waals surface area contributed by atoms with Gasteiger partial charge in [-0.25, -0.2) is 0 Å². The summed E-state index contributed by atoms with van der Waals surface area (Å²) in [6, 6.07) is 6.28. The quantitative estimate of drug-likeness (QED) is 0.519. The first-order valence-corrected chi connectivity index (χ1v) is 10.8. The third-order valence-electron chi connectivity index (χ3n) is 6.28. The Morgan fingerprint density at radius 1 is 1.26 bits per heavy atom. The van der Waals surface area contributed by atoms with Crippen molar-refractivity contribution in [2.75, 3.05) is 32.8 Å². The van der Waals surface area contributed by atoms with Crippen molar-refractivity contribution in [1.29, 1.82) is 0 Å². The van der Waals surface area contributed by atoms with Crippen molar-refractivity contribution >= 4 is 28.6 Å². The summed E-state index contributed by atoms with van der Waals surface area (Å²) in [4.78, 5) is 37.9. The number of aryl methyl sites for hydroxylation is 1. The zero-order valence-corrected chi connectivity index (χ0v) is 17.8. The molecule has 3 heterocycles. The molecule has 3 amide bonds. The monoisotopic (exact) mass is 427 g/mol. The average Bonchev–Trinajstić information content (AvgIpc) is 3.09. The van der Waals surface area contributed by atoms with Crippen LogP contribution in [0.25, 0.3) is 10.9 Å². The first-order valence-electron chi connectivity index (χ1n) is 10.8. The highest BCUT2D eigenvalue weighted by atomic mass is 16.5. The maximum atomic E-state index is 12.3. The largest absolute Gasteiger partial charge is 0.370 e. The normalized spacial score (nSPS) is 20.3. The van der Waals surface area contributed by atoms with Crippen LogP contribution in [0.4, 0.5) is 0 Å². The van der Waals surface area contributed by atoms with Gasteiger partial charge in [0, 0.05) is 38.5 Å². The van der Waals surface area contributed by atoms with Gasteiger partial charge in [-0.2, -0.15) is 5.10 Å². The van der Waals surface area contributed by atoms with Crippen LogP contribution in [0, 0.1) is 0 Å². The molecule has 1 unspecified atom stereocenters. The smallest absolute Gasteiger partial charge is 0.248 e. The summed E-state index contributed by atoms with van der Waals surface area (Å²) in [5, 5.41) is 7.98. The van der Waals surface area contributed by atoms with Gasteiger partial charge in [0.15, 0.2) is 0 Å². The van der Waals surface area contributed by atoms with Crippen LogP contribution in [0.1, 0.15) is 48.8 Å². The Kier molecular flexibility index (Phi) is 6.33. The molecule has 9 nitrogen and oxygen atoms in total. The number of likely N-dealkylation sites (tertiary alicyclic amines) is 1. The number of hydrogen-bond donors (Lipinski definition) is 2. The molecular weight excluding hydrogens is 398 g/mol. The number of hydrogen-bond acceptors (Lipinski definition) is 6. The van der Waals surface area contributed by atoms with Crippen molar-refractivity contribution in [2.24, 2.45) is 12.8 Å². The topological polar surface area (TPSA) is 120 Å². The number of carbonyl (C=O) groups excluding carboxylic acids is 3. The number of aromatic nitrogens is 2. The Morgan fingerprint density at radius 3 is 2.74 bits per heavy atom. The summed E-state index contributed by atoms with van der Waals surface area (Å²) in [5.41, 5.74) is 8.32. The van der Waals surface area contributed by atoms with Gasteiger partial charge in [-0.1, -0.05) is 12.1 Å². The van der Waals surface area contributed by atoms with E-state index in [1.54, 1.807) is 0 Å². The maximum Gasteiger partial charge on any atom is 0.248 e. The van der Waals surface area contributed by atoms with Gasteiger partial charge < -0.3 is 15.4 Å². The van der Waals surface area contributed by atoms with Crippen LogP contribution >= 0.6 is 0 Å². The molecule has 2 aromatic rings. The van der Waals surface area contributed by atoms with E-state index in [1.165, 1.54) is 5.56 Å². The number of carbonyl (C=O) groups is 3. The molecular formula is C22H29N5O4. The molecule has 9 heteroatoms. The molecule has 0 radical (unpaired) electrons. The predicted octanol–water partition coefficient (Wildman–Crippen LogP) is 0.775. The number of amides is 3. The van der Waals surface area contributed by atoms with E-state index in [1.807, 2.05) is 22.7 Å². The van der Waals surface area contributed by atoms with Gasteiger partial charge in [-0.05, 0) is 36.8 Å². The van der Waals surface area contributed by atoms with Gasteiger partial charge in [-0.15, -0.1) is 0 Å². The van der Waals surface area contributed by atoms with Gasteiger partial charge in [0.25, 0.3) is 0 Å². The highest BCUT2D eigenvalue weighted by molar-refractivity contribution is 6.02. The van der Waals surface area contributed by atoms with E-state index in [9.17, 15) is 14.4 Å². The van der Waals surface area contributed by atoms with Gasteiger partial charge >= 0.3 is 0 Å². The molecule has 166 valence electrons. The lowest BCUT2D eigenvalue weighted by atomic mass is 9.88. The molecule has 0 aliphatic carbocycles. The van der Waals surface area contributed by atoms with Gasteiger partial charge in [0.05, 0.1) is 23.7 Å². The molecule has 31 heavy (non-hydrogen) atoms. The molecule has 3 N–H and O–H groups in total. The summed E-state index contributed by atoms with van der Waals surface area (Å²) < 4.78 is 7.07. The van der Waals surface area contributed by atoms with Gasteiger partial charge in [0.1, 0.15) is 6.61 Å². The van der Waals surface area contributed by atoms with Crippen molar-refractivity contribution in [3.8, 4) is 0 Å². The fourth-order valence-corrected chi connectivity index (χ4v) is 4.56. The molecule has 0 spiro atoms. The summed E-state index contributed by atoms with van der Waals surface area (Å²) in [6.45, 7) is 2.32. The number of imide groups is 1. The lowest BCUT2D eigenvalue weighted by Crippen LogP contribution is -2.40. The van der Waals surface area contributed by atoms with Crippen molar-refractivity contribution < 1.29 is 19.1 Å². The molecule has 0 saturated carbocycles.